The number of pyridine rings is 2. The van der Waals surface area contributed by atoms with Crippen LogP contribution in [-0.2, 0) is 38.8 Å². The molecule has 2 heterocycles. The third-order valence-corrected chi connectivity index (χ3v) is 8.50. The summed E-state index contributed by atoms with van der Waals surface area (Å²) in [4.78, 5) is 33.5. The summed E-state index contributed by atoms with van der Waals surface area (Å²) in [7, 11) is 0. The minimum Gasteiger partial charge on any atom is -0.478 e. The Kier molecular flexibility index (Phi) is 21.9. The van der Waals surface area contributed by atoms with Crippen LogP contribution < -0.4 is 11.5 Å². The van der Waals surface area contributed by atoms with E-state index < -0.39 is 11.9 Å². The lowest BCUT2D eigenvalue weighted by atomic mass is 9.84. The van der Waals surface area contributed by atoms with Gasteiger partial charge in [0.2, 0.25) is 0 Å². The fourth-order valence-corrected chi connectivity index (χ4v) is 6.24. The number of hydrogen-bond acceptors (Lipinski definition) is 6. The number of nitrogens with two attached hydrogens (primary N) is 2. The van der Waals surface area contributed by atoms with Crippen molar-refractivity contribution in [2.24, 2.45) is 22.3 Å². The molecule has 0 amide bonds. The summed E-state index contributed by atoms with van der Waals surface area (Å²) < 4.78 is 0. The monoisotopic (exact) mass is 824 g/mol. The topological polar surface area (TPSA) is 152 Å². The van der Waals surface area contributed by atoms with Crippen LogP contribution in [0.2, 0.25) is 0 Å². The van der Waals surface area contributed by atoms with Crippen LogP contribution in [0.1, 0.15) is 121 Å². The molecule has 4 aromatic rings. The van der Waals surface area contributed by atoms with Crippen LogP contribution in [0.25, 0.3) is 22.3 Å². The van der Waals surface area contributed by atoms with Gasteiger partial charge in [0, 0.05) is 35.6 Å². The van der Waals surface area contributed by atoms with Gasteiger partial charge in [0.1, 0.15) is 0 Å². The molecule has 0 aliphatic carbocycles. The molecule has 0 bridgehead atoms. The average Bonchev–Trinajstić information content (AvgIpc) is 3.02. The van der Waals surface area contributed by atoms with Crippen molar-refractivity contribution in [2.75, 3.05) is 0 Å². The number of rotatable bonds is 10. The highest BCUT2D eigenvalue weighted by Gasteiger charge is 2.27. The van der Waals surface area contributed by atoms with Crippen LogP contribution in [0.5, 0.6) is 0 Å². The smallest absolute Gasteiger partial charge is 0.338 e. The highest BCUT2D eigenvalue weighted by molar-refractivity contribution is 5.99. The molecule has 8 nitrogen and oxygen atoms in total. The maximum atomic E-state index is 12.0. The van der Waals surface area contributed by atoms with Crippen molar-refractivity contribution in [1.82, 2.24) is 9.97 Å². The first-order valence-corrected chi connectivity index (χ1v) is 17.5. The Bertz CT molecular complexity index is 1700. The maximum Gasteiger partial charge on any atom is 0.338 e. The third-order valence-electron chi connectivity index (χ3n) is 8.50. The zero-order valence-corrected chi connectivity index (χ0v) is 36.5. The van der Waals surface area contributed by atoms with Gasteiger partial charge < -0.3 is 21.7 Å². The quantitative estimate of drug-likeness (QED) is 0.123. The Morgan fingerprint density at radius 3 is 1.04 bits per heavy atom. The predicted octanol–water partition coefficient (Wildman–Crippen LogP) is 10.4. The summed E-state index contributed by atoms with van der Waals surface area (Å²) in [6.07, 6.45) is 2.65. The summed E-state index contributed by atoms with van der Waals surface area (Å²) in [5.41, 5.74) is 23.0. The molecule has 54 heavy (non-hydrogen) atoms. The molecule has 6 N–H and O–H groups in total. The molecule has 0 fully saturated rings. The van der Waals surface area contributed by atoms with Crippen molar-refractivity contribution in [1.29, 1.82) is 0 Å². The molecular weight excluding hydrogens is 766 g/mol. The molecule has 0 unspecified atom stereocenters. The molecule has 300 valence electrons. The molecule has 2 aromatic heterocycles. The molecule has 0 spiro atoms. The van der Waals surface area contributed by atoms with E-state index in [1.54, 1.807) is 0 Å². The van der Waals surface area contributed by atoms with E-state index in [1.807, 2.05) is 76.2 Å². The van der Waals surface area contributed by atoms with Gasteiger partial charge in [-0.25, -0.2) is 9.59 Å². The van der Waals surface area contributed by atoms with E-state index in [9.17, 15) is 19.8 Å². The predicted molar refractivity (Wildman–Crippen MR) is 233 cm³/mol. The number of aryl methyl sites for hydroxylation is 4. The van der Waals surface area contributed by atoms with Crippen molar-refractivity contribution in [3.8, 4) is 22.3 Å². The zero-order chi connectivity index (χ0) is 37.6. The molecule has 0 radical (unpaired) electrons. The van der Waals surface area contributed by atoms with E-state index in [0.29, 0.717) is 24.2 Å². The zero-order valence-electron chi connectivity index (χ0n) is 33.3. The highest BCUT2D eigenvalue weighted by atomic mass is 35.5. The number of hydrogen-bond donors (Lipinski definition) is 4. The standard InChI is InChI=1S/2C21H28N2O2.4ClH/c2*1-6-16-19(20(24)25)18(14-9-7-13(2)8-10-14)15(12-22)17(23-16)11-21(3,4)5;;;;/h2*7-10H,6,11-12,22H2,1-5H3,(H,24,25);4*1H. The lowest BCUT2D eigenvalue weighted by Gasteiger charge is -2.24. The summed E-state index contributed by atoms with van der Waals surface area (Å²) in [6.45, 7) is 21.4. The average molecular weight is 827 g/mol. The van der Waals surface area contributed by atoms with Gasteiger partial charge in [0.05, 0.1) is 22.5 Å². The molecule has 0 saturated heterocycles. The van der Waals surface area contributed by atoms with E-state index in [2.05, 4.69) is 41.5 Å². The van der Waals surface area contributed by atoms with Crippen LogP contribution >= 0.6 is 49.6 Å². The summed E-state index contributed by atoms with van der Waals surface area (Å²) >= 11 is 0. The Morgan fingerprint density at radius 2 is 0.833 bits per heavy atom. The number of halogens is 4. The van der Waals surface area contributed by atoms with Crippen LogP contribution in [0, 0.1) is 24.7 Å². The second-order valence-electron chi connectivity index (χ2n) is 15.4. The van der Waals surface area contributed by atoms with Gasteiger partial charge in [-0.15, -0.1) is 49.6 Å². The van der Waals surface area contributed by atoms with Gasteiger partial charge in [-0.2, -0.15) is 0 Å². The number of carboxylic acids is 2. The van der Waals surface area contributed by atoms with E-state index in [1.165, 1.54) is 0 Å². The number of benzene rings is 2. The fraction of sp³-hybridized carbons (Fsp3) is 0.429. The van der Waals surface area contributed by atoms with E-state index in [4.69, 9.17) is 21.4 Å². The van der Waals surface area contributed by atoms with Crippen LogP contribution in [-0.4, -0.2) is 32.1 Å². The SMILES string of the molecule is CCc1nc(CC(C)(C)C)c(CN)c(-c2ccc(C)cc2)c1C(=O)O.CCc1nc(CC(C)(C)C)c(CN)c(-c2ccc(C)cc2)c1C(=O)O.Cl.Cl.Cl.Cl. The summed E-state index contributed by atoms with van der Waals surface area (Å²) in [6, 6.07) is 15.9. The fourth-order valence-electron chi connectivity index (χ4n) is 6.24. The van der Waals surface area contributed by atoms with Gasteiger partial charge in [-0.05, 0) is 72.6 Å². The van der Waals surface area contributed by atoms with Crippen LogP contribution in [0.3, 0.4) is 0 Å². The Balaban J connectivity index is 0. The van der Waals surface area contributed by atoms with Crippen molar-refractivity contribution in [3.63, 3.8) is 0 Å². The lowest BCUT2D eigenvalue weighted by Crippen LogP contribution is -2.19. The number of aromatic carboxylic acids is 2. The van der Waals surface area contributed by atoms with Crippen molar-refractivity contribution in [3.05, 3.63) is 105 Å². The van der Waals surface area contributed by atoms with Crippen LogP contribution in [0.15, 0.2) is 48.5 Å². The van der Waals surface area contributed by atoms with Gasteiger partial charge in [0.25, 0.3) is 0 Å². The first-order chi connectivity index (χ1) is 23.3. The third kappa shape index (κ3) is 13.5. The van der Waals surface area contributed by atoms with E-state index in [-0.39, 0.29) is 84.7 Å². The largest absolute Gasteiger partial charge is 0.478 e. The van der Waals surface area contributed by atoms with Gasteiger partial charge >= 0.3 is 11.9 Å². The molecule has 0 aliphatic rings. The molecule has 0 aliphatic heterocycles. The molecule has 0 atom stereocenters. The maximum absolute atomic E-state index is 12.0. The minimum atomic E-state index is -0.947. The number of nitrogens with zero attached hydrogens (tertiary/aromatic N) is 2. The highest BCUT2D eigenvalue weighted by Crippen LogP contribution is 2.36. The summed E-state index contributed by atoms with van der Waals surface area (Å²) in [5, 5.41) is 19.7. The number of aromatic nitrogens is 2. The number of carboxylic acid groups (broad SMARTS) is 2. The van der Waals surface area contributed by atoms with Gasteiger partial charge in [0.15, 0.2) is 0 Å². The molecule has 0 saturated carbocycles. The second kappa shape index (κ2) is 22.3. The molecule has 2 aromatic carbocycles. The molecular formula is C42H60Cl4N4O4. The number of carbonyl (C=O) groups is 2. The van der Waals surface area contributed by atoms with Crippen molar-refractivity contribution < 1.29 is 19.8 Å². The normalized spacial score (nSPS) is 10.7. The van der Waals surface area contributed by atoms with Gasteiger partial charge in [-0.1, -0.05) is 115 Å². The van der Waals surface area contributed by atoms with Gasteiger partial charge in [-0.3, -0.25) is 9.97 Å². The lowest BCUT2D eigenvalue weighted by molar-refractivity contribution is 0.0685. The molecule has 12 heteroatoms. The first kappa shape index (κ1) is 52.9. The van der Waals surface area contributed by atoms with E-state index in [0.717, 1.165) is 68.7 Å². The summed E-state index contributed by atoms with van der Waals surface area (Å²) in [5.74, 6) is -1.89. The molecule has 4 rings (SSSR count). The Hall–Kier alpha value is -3.24. The van der Waals surface area contributed by atoms with Crippen molar-refractivity contribution >= 4 is 61.6 Å². The van der Waals surface area contributed by atoms with E-state index >= 15 is 0 Å². The van der Waals surface area contributed by atoms with Crippen molar-refractivity contribution in [2.45, 2.75) is 108 Å². The Morgan fingerprint density at radius 1 is 0.556 bits per heavy atom. The second-order valence-corrected chi connectivity index (χ2v) is 15.4. The Labute approximate surface area is 347 Å². The minimum absolute atomic E-state index is 0. The van der Waals surface area contributed by atoms with Crippen LogP contribution in [0.4, 0.5) is 0 Å². The first-order valence-electron chi connectivity index (χ1n) is 17.5.